The van der Waals surface area contributed by atoms with Gasteiger partial charge in [-0.3, -0.25) is 4.99 Å². The van der Waals surface area contributed by atoms with Gasteiger partial charge in [0.15, 0.2) is 5.82 Å². The van der Waals surface area contributed by atoms with Crippen LogP contribution in [0.15, 0.2) is 64.1 Å². The molecule has 0 aliphatic rings. The van der Waals surface area contributed by atoms with Gasteiger partial charge in [-0.05, 0) is 25.5 Å². The molecule has 1 aromatic heterocycles. The van der Waals surface area contributed by atoms with Gasteiger partial charge in [0.1, 0.15) is 11.4 Å². The van der Waals surface area contributed by atoms with Crippen LogP contribution in [-0.4, -0.2) is 16.2 Å². The van der Waals surface area contributed by atoms with E-state index in [0.717, 1.165) is 44.9 Å². The minimum Gasteiger partial charge on any atom is -0.257 e. The Kier molecular flexibility index (Phi) is 5.16. The van der Waals surface area contributed by atoms with Crippen molar-refractivity contribution in [2.45, 2.75) is 20.3 Å². The van der Waals surface area contributed by atoms with Crippen molar-refractivity contribution in [2.24, 2.45) is 4.99 Å². The van der Waals surface area contributed by atoms with Crippen LogP contribution in [0.5, 0.6) is 0 Å². The van der Waals surface area contributed by atoms with Crippen LogP contribution in [0.4, 0.5) is 5.69 Å². The number of halogens is 1. The molecule has 0 unspecified atom stereocenters. The minimum absolute atomic E-state index is 0.730. The quantitative estimate of drug-likeness (QED) is 0.532. The Morgan fingerprint density at radius 1 is 0.958 bits per heavy atom. The zero-order chi connectivity index (χ0) is 16.9. The lowest BCUT2D eigenvalue weighted by atomic mass is 10.1. The Bertz CT molecular complexity index is 856. The lowest BCUT2D eigenvalue weighted by molar-refractivity contribution is 1.00. The van der Waals surface area contributed by atoms with Crippen molar-refractivity contribution in [3.63, 3.8) is 0 Å². The van der Waals surface area contributed by atoms with Gasteiger partial charge in [0.05, 0.1) is 5.69 Å². The fraction of sp³-hybridized carbons (Fsp3) is 0.150. The van der Waals surface area contributed by atoms with Gasteiger partial charge in [0.2, 0.25) is 0 Å². The molecule has 0 amide bonds. The fourth-order valence-corrected chi connectivity index (χ4v) is 2.80. The summed E-state index contributed by atoms with van der Waals surface area (Å²) in [5, 5.41) is 0. The highest BCUT2D eigenvalue weighted by Gasteiger charge is 2.15. The average molecular weight is 380 g/mol. The molecular weight excluding hydrogens is 362 g/mol. The van der Waals surface area contributed by atoms with Crippen molar-refractivity contribution in [3.8, 4) is 22.6 Å². The second kappa shape index (κ2) is 7.49. The molecule has 1 heterocycles. The average Bonchev–Trinajstić information content (AvgIpc) is 2.63. The van der Waals surface area contributed by atoms with Crippen molar-refractivity contribution in [2.75, 3.05) is 0 Å². The lowest BCUT2D eigenvalue weighted by Crippen LogP contribution is -1.99. The largest absolute Gasteiger partial charge is 0.257 e. The van der Waals surface area contributed by atoms with Gasteiger partial charge in [0.25, 0.3) is 0 Å². The third kappa shape index (κ3) is 3.44. The van der Waals surface area contributed by atoms with Crippen LogP contribution in [0.1, 0.15) is 19.5 Å². The van der Waals surface area contributed by atoms with Crippen molar-refractivity contribution in [1.29, 1.82) is 0 Å². The number of aliphatic imine (C=N–C) groups is 1. The summed E-state index contributed by atoms with van der Waals surface area (Å²) < 4.78 is 1.04. The predicted molar refractivity (Wildman–Crippen MR) is 104 cm³/mol. The van der Waals surface area contributed by atoms with Crippen LogP contribution in [-0.2, 0) is 6.42 Å². The molecule has 0 saturated heterocycles. The summed E-state index contributed by atoms with van der Waals surface area (Å²) in [4.78, 5) is 14.1. The highest BCUT2D eigenvalue weighted by molar-refractivity contribution is 9.10. The van der Waals surface area contributed by atoms with Crippen molar-refractivity contribution in [3.05, 3.63) is 64.8 Å². The van der Waals surface area contributed by atoms with Gasteiger partial charge in [-0.2, -0.15) is 0 Å². The van der Waals surface area contributed by atoms with Gasteiger partial charge in [-0.1, -0.05) is 65.3 Å². The third-order valence-corrected chi connectivity index (χ3v) is 4.23. The Labute approximate surface area is 150 Å². The second-order valence-electron chi connectivity index (χ2n) is 5.30. The molecular formula is C20H18BrN3. The summed E-state index contributed by atoms with van der Waals surface area (Å²) in [5.74, 6) is 0.730. The van der Waals surface area contributed by atoms with E-state index in [1.54, 1.807) is 6.21 Å². The maximum atomic E-state index is 4.83. The standard InChI is InChI=1S/C20H18BrN3/c1-3-17-19(22-4-2)18(14-8-6-5-7-9-14)24-20(23-17)15-10-12-16(21)13-11-15/h4-13H,3H2,1-2H3. The molecule has 3 nitrogen and oxygen atoms in total. The summed E-state index contributed by atoms with van der Waals surface area (Å²) in [6, 6.07) is 18.2. The number of nitrogens with zero attached hydrogens (tertiary/aromatic N) is 3. The molecule has 0 N–H and O–H groups in total. The highest BCUT2D eigenvalue weighted by atomic mass is 79.9. The van der Waals surface area contributed by atoms with E-state index in [4.69, 9.17) is 9.97 Å². The number of aromatic nitrogens is 2. The van der Waals surface area contributed by atoms with E-state index in [2.05, 4.69) is 40.0 Å². The Balaban J connectivity index is 2.24. The summed E-state index contributed by atoms with van der Waals surface area (Å²) in [6.07, 6.45) is 2.60. The minimum atomic E-state index is 0.730. The first-order valence-electron chi connectivity index (χ1n) is 7.94. The molecule has 0 saturated carbocycles. The summed E-state index contributed by atoms with van der Waals surface area (Å²) in [7, 11) is 0. The molecule has 2 aromatic carbocycles. The van der Waals surface area contributed by atoms with E-state index in [1.807, 2.05) is 49.4 Å². The first-order chi connectivity index (χ1) is 11.7. The van der Waals surface area contributed by atoms with Crippen LogP contribution < -0.4 is 0 Å². The molecule has 0 spiro atoms. The van der Waals surface area contributed by atoms with Gasteiger partial charge in [-0.25, -0.2) is 9.97 Å². The molecule has 0 radical (unpaired) electrons. The van der Waals surface area contributed by atoms with E-state index in [1.165, 1.54) is 0 Å². The van der Waals surface area contributed by atoms with E-state index in [9.17, 15) is 0 Å². The van der Waals surface area contributed by atoms with Crippen LogP contribution in [0.3, 0.4) is 0 Å². The topological polar surface area (TPSA) is 38.1 Å². The smallest absolute Gasteiger partial charge is 0.160 e. The molecule has 0 fully saturated rings. The number of benzene rings is 2. The van der Waals surface area contributed by atoms with Crippen LogP contribution in [0.25, 0.3) is 22.6 Å². The summed E-state index contributed by atoms with van der Waals surface area (Å²) >= 11 is 3.47. The first kappa shape index (κ1) is 16.5. The van der Waals surface area contributed by atoms with E-state index >= 15 is 0 Å². The fourth-order valence-electron chi connectivity index (χ4n) is 2.54. The Hall–Kier alpha value is -2.33. The number of rotatable bonds is 4. The van der Waals surface area contributed by atoms with Crippen LogP contribution >= 0.6 is 15.9 Å². The van der Waals surface area contributed by atoms with Crippen LogP contribution in [0.2, 0.25) is 0 Å². The van der Waals surface area contributed by atoms with Crippen molar-refractivity contribution in [1.82, 2.24) is 9.97 Å². The van der Waals surface area contributed by atoms with Gasteiger partial charge < -0.3 is 0 Å². The lowest BCUT2D eigenvalue weighted by Gasteiger charge is -2.12. The molecule has 0 atom stereocenters. The molecule has 4 heteroatoms. The monoisotopic (exact) mass is 379 g/mol. The molecule has 0 aliphatic heterocycles. The molecule has 24 heavy (non-hydrogen) atoms. The van der Waals surface area contributed by atoms with Crippen molar-refractivity contribution < 1.29 is 0 Å². The van der Waals surface area contributed by atoms with Gasteiger partial charge in [-0.15, -0.1) is 0 Å². The Morgan fingerprint density at radius 2 is 1.67 bits per heavy atom. The maximum absolute atomic E-state index is 4.83. The van der Waals surface area contributed by atoms with Crippen molar-refractivity contribution >= 4 is 27.8 Å². The summed E-state index contributed by atoms with van der Waals surface area (Å²) in [5.41, 5.74) is 4.73. The summed E-state index contributed by atoms with van der Waals surface area (Å²) in [6.45, 7) is 4.01. The van der Waals surface area contributed by atoms with Gasteiger partial charge >= 0.3 is 0 Å². The van der Waals surface area contributed by atoms with Gasteiger partial charge in [0, 0.05) is 21.8 Å². The zero-order valence-corrected chi connectivity index (χ0v) is 15.3. The van der Waals surface area contributed by atoms with Crippen LogP contribution in [0, 0.1) is 0 Å². The second-order valence-corrected chi connectivity index (χ2v) is 6.22. The molecule has 120 valence electrons. The third-order valence-electron chi connectivity index (χ3n) is 3.70. The maximum Gasteiger partial charge on any atom is 0.160 e. The number of hydrogen-bond donors (Lipinski definition) is 0. The SMILES string of the molecule is CC=Nc1c(CC)nc(-c2ccc(Br)cc2)nc1-c1ccccc1. The van der Waals surface area contributed by atoms with E-state index in [0.29, 0.717) is 0 Å². The molecule has 0 bridgehead atoms. The zero-order valence-electron chi connectivity index (χ0n) is 13.7. The Morgan fingerprint density at radius 3 is 2.29 bits per heavy atom. The van der Waals surface area contributed by atoms with E-state index in [-0.39, 0.29) is 0 Å². The number of hydrogen-bond acceptors (Lipinski definition) is 3. The molecule has 3 rings (SSSR count). The normalized spacial score (nSPS) is 11.1. The highest BCUT2D eigenvalue weighted by Crippen LogP contribution is 2.33. The number of aryl methyl sites for hydroxylation is 1. The molecule has 3 aromatic rings. The van der Waals surface area contributed by atoms with E-state index < -0.39 is 0 Å². The first-order valence-corrected chi connectivity index (χ1v) is 8.73. The molecule has 0 aliphatic carbocycles. The predicted octanol–water partition coefficient (Wildman–Crippen LogP) is 5.86.